The molecule has 0 saturated heterocycles. The van der Waals surface area contributed by atoms with E-state index < -0.39 is 0 Å². The van der Waals surface area contributed by atoms with Gasteiger partial charge in [0, 0.05) is 18.4 Å². The second-order valence-corrected chi connectivity index (χ2v) is 5.38. The Hall–Kier alpha value is -1.87. The van der Waals surface area contributed by atoms with E-state index in [1.54, 1.807) is 12.4 Å². The Labute approximate surface area is 120 Å². The Morgan fingerprint density at radius 1 is 1.10 bits per heavy atom. The summed E-state index contributed by atoms with van der Waals surface area (Å²) in [6, 6.07) is 8.03. The second-order valence-electron chi connectivity index (χ2n) is 5.38. The van der Waals surface area contributed by atoms with E-state index in [0.717, 1.165) is 16.9 Å². The first-order valence-electron chi connectivity index (χ1n) is 6.89. The highest BCUT2D eigenvalue weighted by Crippen LogP contribution is 2.29. The predicted molar refractivity (Wildman–Crippen MR) is 81.9 cm³/mol. The van der Waals surface area contributed by atoms with Crippen molar-refractivity contribution in [3.63, 3.8) is 0 Å². The van der Waals surface area contributed by atoms with Crippen molar-refractivity contribution in [1.29, 1.82) is 0 Å². The predicted octanol–water partition coefficient (Wildman–Crippen LogP) is 3.47. The van der Waals surface area contributed by atoms with Gasteiger partial charge in [-0.3, -0.25) is 4.98 Å². The number of hydrogen-bond acceptors (Lipinski definition) is 3. The molecule has 0 aliphatic carbocycles. The first-order valence-corrected chi connectivity index (χ1v) is 6.89. The molecule has 0 spiro atoms. The smallest absolute Gasteiger partial charge is 0.139 e. The van der Waals surface area contributed by atoms with Gasteiger partial charge >= 0.3 is 0 Å². The third-order valence-electron chi connectivity index (χ3n) is 3.53. The maximum absolute atomic E-state index is 6.20. The molecule has 20 heavy (non-hydrogen) atoms. The Balaban J connectivity index is 2.35. The number of nitrogens with zero attached hydrogens (tertiary/aromatic N) is 1. The number of rotatable bonds is 4. The van der Waals surface area contributed by atoms with Crippen LogP contribution in [0.1, 0.15) is 35.3 Å². The SMILES string of the molecule is Cc1cc(C)c(C)c(OC(c2ccncc2)C(C)N)c1. The molecule has 0 aliphatic heterocycles. The summed E-state index contributed by atoms with van der Waals surface area (Å²) in [6.45, 7) is 8.22. The van der Waals surface area contributed by atoms with Crippen LogP contribution in [0.5, 0.6) is 5.75 Å². The lowest BCUT2D eigenvalue weighted by atomic mass is 10.0. The molecule has 1 heterocycles. The number of aromatic nitrogens is 1. The lowest BCUT2D eigenvalue weighted by molar-refractivity contribution is 0.179. The van der Waals surface area contributed by atoms with Crippen LogP contribution in [0.4, 0.5) is 0 Å². The maximum atomic E-state index is 6.20. The normalized spacial score (nSPS) is 13.8. The molecular weight excluding hydrogens is 248 g/mol. The lowest BCUT2D eigenvalue weighted by Gasteiger charge is -2.24. The summed E-state index contributed by atoms with van der Waals surface area (Å²) < 4.78 is 6.20. The van der Waals surface area contributed by atoms with Crippen LogP contribution in [0, 0.1) is 20.8 Å². The molecule has 2 aromatic rings. The zero-order valence-electron chi connectivity index (χ0n) is 12.6. The van der Waals surface area contributed by atoms with E-state index in [9.17, 15) is 0 Å². The van der Waals surface area contributed by atoms with Crippen LogP contribution in [0.2, 0.25) is 0 Å². The van der Waals surface area contributed by atoms with Crippen LogP contribution in [-0.2, 0) is 0 Å². The molecule has 0 fully saturated rings. The first-order chi connectivity index (χ1) is 9.49. The lowest BCUT2D eigenvalue weighted by Crippen LogP contribution is -2.29. The molecular formula is C17H22N2O. The highest BCUT2D eigenvalue weighted by Gasteiger charge is 2.19. The van der Waals surface area contributed by atoms with Gasteiger partial charge in [-0.25, -0.2) is 0 Å². The average molecular weight is 270 g/mol. The number of benzene rings is 1. The monoisotopic (exact) mass is 270 g/mol. The van der Waals surface area contributed by atoms with Gasteiger partial charge in [0.05, 0.1) is 0 Å². The third kappa shape index (κ3) is 3.17. The fourth-order valence-electron chi connectivity index (χ4n) is 2.29. The van der Waals surface area contributed by atoms with Crippen molar-refractivity contribution in [2.75, 3.05) is 0 Å². The van der Waals surface area contributed by atoms with Crippen LogP contribution in [-0.4, -0.2) is 11.0 Å². The van der Waals surface area contributed by atoms with Gasteiger partial charge in [-0.15, -0.1) is 0 Å². The van der Waals surface area contributed by atoms with Crippen LogP contribution in [0.25, 0.3) is 0 Å². The summed E-state index contributed by atoms with van der Waals surface area (Å²) in [5, 5.41) is 0. The molecule has 0 saturated carbocycles. The Morgan fingerprint density at radius 3 is 2.35 bits per heavy atom. The molecule has 0 aliphatic rings. The minimum Gasteiger partial charge on any atom is -0.484 e. The molecule has 106 valence electrons. The summed E-state index contributed by atoms with van der Waals surface area (Å²) in [7, 11) is 0. The number of pyridine rings is 1. The molecule has 2 unspecified atom stereocenters. The summed E-state index contributed by atoms with van der Waals surface area (Å²) in [5.41, 5.74) is 10.7. The van der Waals surface area contributed by atoms with Gasteiger partial charge in [-0.05, 0) is 68.1 Å². The van der Waals surface area contributed by atoms with Gasteiger partial charge in [-0.1, -0.05) is 6.07 Å². The van der Waals surface area contributed by atoms with Crippen molar-refractivity contribution < 1.29 is 4.74 Å². The highest BCUT2D eigenvalue weighted by atomic mass is 16.5. The van der Waals surface area contributed by atoms with E-state index in [1.165, 1.54) is 11.1 Å². The molecule has 2 rings (SSSR count). The second kappa shape index (κ2) is 6.06. The largest absolute Gasteiger partial charge is 0.484 e. The summed E-state index contributed by atoms with van der Waals surface area (Å²) in [6.07, 6.45) is 3.36. The molecule has 0 amide bonds. The van der Waals surface area contributed by atoms with Gasteiger partial charge in [0.15, 0.2) is 0 Å². The topological polar surface area (TPSA) is 48.1 Å². The number of aryl methyl sites for hydroxylation is 2. The molecule has 1 aromatic carbocycles. The van der Waals surface area contributed by atoms with Crippen molar-refractivity contribution >= 4 is 0 Å². The van der Waals surface area contributed by atoms with Crippen molar-refractivity contribution in [1.82, 2.24) is 4.98 Å². The summed E-state index contributed by atoms with van der Waals surface area (Å²) in [5.74, 6) is 0.904. The molecule has 3 heteroatoms. The minimum absolute atomic E-state index is 0.0994. The minimum atomic E-state index is -0.169. The average Bonchev–Trinajstić information content (AvgIpc) is 2.41. The van der Waals surface area contributed by atoms with Gasteiger partial charge in [0.1, 0.15) is 11.9 Å². The molecule has 1 aromatic heterocycles. The third-order valence-corrected chi connectivity index (χ3v) is 3.53. The molecule has 2 N–H and O–H groups in total. The van der Waals surface area contributed by atoms with Crippen molar-refractivity contribution in [2.45, 2.75) is 39.8 Å². The zero-order valence-corrected chi connectivity index (χ0v) is 12.6. The molecule has 3 nitrogen and oxygen atoms in total. The zero-order chi connectivity index (χ0) is 14.7. The number of nitrogens with two attached hydrogens (primary N) is 1. The van der Waals surface area contributed by atoms with Crippen LogP contribution in [0.3, 0.4) is 0 Å². The standard InChI is InChI=1S/C17H22N2O/c1-11-9-12(2)13(3)16(10-11)20-17(14(4)18)15-5-7-19-8-6-15/h5-10,14,17H,18H2,1-4H3. The Kier molecular flexibility index (Phi) is 4.40. The van der Waals surface area contributed by atoms with Gasteiger partial charge in [-0.2, -0.15) is 0 Å². The van der Waals surface area contributed by atoms with E-state index in [-0.39, 0.29) is 12.1 Å². The van der Waals surface area contributed by atoms with E-state index in [0.29, 0.717) is 0 Å². The van der Waals surface area contributed by atoms with Crippen molar-refractivity contribution in [3.05, 3.63) is 58.9 Å². The van der Waals surface area contributed by atoms with E-state index in [4.69, 9.17) is 10.5 Å². The van der Waals surface area contributed by atoms with Crippen LogP contribution in [0.15, 0.2) is 36.7 Å². The van der Waals surface area contributed by atoms with Gasteiger partial charge in [0.25, 0.3) is 0 Å². The maximum Gasteiger partial charge on any atom is 0.139 e. The van der Waals surface area contributed by atoms with Crippen molar-refractivity contribution in [3.8, 4) is 5.75 Å². The fourth-order valence-corrected chi connectivity index (χ4v) is 2.29. The summed E-state index contributed by atoms with van der Waals surface area (Å²) in [4.78, 5) is 4.04. The molecule has 0 radical (unpaired) electrons. The Bertz CT molecular complexity index is 579. The summed E-state index contributed by atoms with van der Waals surface area (Å²) >= 11 is 0. The van der Waals surface area contributed by atoms with Gasteiger partial charge in [0.2, 0.25) is 0 Å². The van der Waals surface area contributed by atoms with E-state index in [1.807, 2.05) is 19.1 Å². The van der Waals surface area contributed by atoms with Crippen LogP contribution >= 0.6 is 0 Å². The van der Waals surface area contributed by atoms with E-state index >= 15 is 0 Å². The highest BCUT2D eigenvalue weighted by molar-refractivity contribution is 5.42. The number of hydrogen-bond donors (Lipinski definition) is 1. The molecule has 2 atom stereocenters. The van der Waals surface area contributed by atoms with Gasteiger partial charge < -0.3 is 10.5 Å². The van der Waals surface area contributed by atoms with Crippen molar-refractivity contribution in [2.24, 2.45) is 5.73 Å². The van der Waals surface area contributed by atoms with Crippen LogP contribution < -0.4 is 10.5 Å². The molecule has 0 bridgehead atoms. The van der Waals surface area contributed by atoms with E-state index in [2.05, 4.69) is 37.9 Å². The number of ether oxygens (including phenoxy) is 1. The fraction of sp³-hybridized carbons (Fsp3) is 0.353. The quantitative estimate of drug-likeness (QED) is 0.925. The Morgan fingerprint density at radius 2 is 1.75 bits per heavy atom. The first kappa shape index (κ1) is 14.5.